The average Bonchev–Trinajstić information content (AvgIpc) is 2.37. The summed E-state index contributed by atoms with van der Waals surface area (Å²) in [4.78, 5) is 10.7. The molecule has 0 fully saturated rings. The maximum atomic E-state index is 10.7. The lowest BCUT2D eigenvalue weighted by molar-refractivity contribution is -0.144. The molecule has 2 N–H and O–H groups in total. The second kappa shape index (κ2) is 3.40. The van der Waals surface area contributed by atoms with Crippen LogP contribution in [0.15, 0.2) is 24.5 Å². The largest absolute Gasteiger partial charge is 0.480 e. The number of aliphatic hydroxyl groups is 1. The zero-order valence-electron chi connectivity index (χ0n) is 6.71. The van der Waals surface area contributed by atoms with Crippen molar-refractivity contribution in [3.8, 4) is 0 Å². The van der Waals surface area contributed by atoms with Crippen molar-refractivity contribution in [2.24, 2.45) is 0 Å². The van der Waals surface area contributed by atoms with Crippen LogP contribution in [-0.2, 0) is 4.79 Å². The summed E-state index contributed by atoms with van der Waals surface area (Å²) in [5.41, 5.74) is 0. The van der Waals surface area contributed by atoms with Gasteiger partial charge < -0.3 is 14.8 Å². The van der Waals surface area contributed by atoms with Crippen molar-refractivity contribution in [3.05, 3.63) is 24.5 Å². The zero-order valence-corrected chi connectivity index (χ0v) is 6.71. The molecule has 4 heteroatoms. The van der Waals surface area contributed by atoms with Crippen LogP contribution in [0.2, 0.25) is 0 Å². The Morgan fingerprint density at radius 1 is 1.42 bits per heavy atom. The van der Waals surface area contributed by atoms with Gasteiger partial charge in [-0.15, -0.1) is 0 Å². The van der Waals surface area contributed by atoms with Crippen molar-refractivity contribution in [1.82, 2.24) is 4.57 Å². The molecule has 1 rings (SSSR count). The quantitative estimate of drug-likeness (QED) is 0.692. The molecule has 0 bridgehead atoms. The Morgan fingerprint density at radius 2 is 1.92 bits per heavy atom. The molecule has 0 aliphatic rings. The molecule has 1 heterocycles. The lowest BCUT2D eigenvalue weighted by Gasteiger charge is -2.16. The highest BCUT2D eigenvalue weighted by molar-refractivity contribution is 5.72. The lowest BCUT2D eigenvalue weighted by Crippen LogP contribution is -2.28. The summed E-state index contributed by atoms with van der Waals surface area (Å²) in [5, 5.41) is 17.9. The molecule has 0 radical (unpaired) electrons. The summed E-state index contributed by atoms with van der Waals surface area (Å²) in [7, 11) is 0. The Bertz CT molecular complexity index is 253. The van der Waals surface area contributed by atoms with E-state index in [2.05, 4.69) is 0 Å². The third kappa shape index (κ3) is 1.65. The van der Waals surface area contributed by atoms with Crippen molar-refractivity contribution in [3.63, 3.8) is 0 Å². The van der Waals surface area contributed by atoms with Crippen molar-refractivity contribution in [2.45, 2.75) is 19.1 Å². The molecular weight excluding hydrogens is 158 g/mol. The highest BCUT2D eigenvalue weighted by Crippen LogP contribution is 2.11. The van der Waals surface area contributed by atoms with E-state index in [0.29, 0.717) is 0 Å². The fourth-order valence-electron chi connectivity index (χ4n) is 1.12. The lowest BCUT2D eigenvalue weighted by atomic mass is 10.2. The van der Waals surface area contributed by atoms with Gasteiger partial charge in [-0.1, -0.05) is 0 Å². The summed E-state index contributed by atoms with van der Waals surface area (Å²) in [6.07, 6.45) is 2.34. The summed E-state index contributed by atoms with van der Waals surface area (Å²) in [5.74, 6) is -1.03. The summed E-state index contributed by atoms with van der Waals surface area (Å²) >= 11 is 0. The number of nitrogens with zero attached hydrogens (tertiary/aromatic N) is 1. The first-order valence-corrected chi connectivity index (χ1v) is 3.66. The van der Waals surface area contributed by atoms with Crippen LogP contribution in [0.5, 0.6) is 0 Å². The van der Waals surface area contributed by atoms with E-state index in [1.807, 2.05) is 0 Å². The van der Waals surface area contributed by atoms with Crippen LogP contribution in [0.4, 0.5) is 0 Å². The van der Waals surface area contributed by atoms with Crippen LogP contribution in [0, 0.1) is 0 Å². The van der Waals surface area contributed by atoms with Gasteiger partial charge in [0, 0.05) is 12.4 Å². The maximum absolute atomic E-state index is 10.7. The first-order chi connectivity index (χ1) is 5.63. The van der Waals surface area contributed by atoms with E-state index in [-0.39, 0.29) is 0 Å². The predicted octanol–water partition coefficient (Wildman–Crippen LogP) is 0.495. The predicted molar refractivity (Wildman–Crippen MR) is 42.8 cm³/mol. The normalized spacial score (nSPS) is 15.5. The number of hydrogen-bond acceptors (Lipinski definition) is 2. The number of carboxylic acids is 1. The summed E-state index contributed by atoms with van der Waals surface area (Å²) in [6.45, 7) is 1.46. The molecule has 66 valence electrons. The van der Waals surface area contributed by atoms with E-state index in [1.54, 1.807) is 24.5 Å². The Kier molecular flexibility index (Phi) is 2.50. The summed E-state index contributed by atoms with van der Waals surface area (Å²) in [6, 6.07) is 2.55. The molecule has 0 amide bonds. The van der Waals surface area contributed by atoms with Gasteiger partial charge in [-0.25, -0.2) is 4.79 Å². The molecule has 2 atom stereocenters. The number of rotatable bonds is 3. The van der Waals surface area contributed by atoms with Crippen LogP contribution >= 0.6 is 0 Å². The monoisotopic (exact) mass is 169 g/mol. The van der Waals surface area contributed by atoms with E-state index >= 15 is 0 Å². The van der Waals surface area contributed by atoms with Gasteiger partial charge in [0.25, 0.3) is 0 Å². The van der Waals surface area contributed by atoms with Crippen LogP contribution in [0.3, 0.4) is 0 Å². The Hall–Kier alpha value is -1.29. The molecule has 1 aromatic heterocycles. The minimum Gasteiger partial charge on any atom is -0.480 e. The molecule has 0 saturated carbocycles. The second-order valence-corrected chi connectivity index (χ2v) is 2.65. The van der Waals surface area contributed by atoms with E-state index < -0.39 is 18.1 Å². The van der Waals surface area contributed by atoms with Gasteiger partial charge in [-0.3, -0.25) is 0 Å². The van der Waals surface area contributed by atoms with Crippen LogP contribution in [0.1, 0.15) is 13.0 Å². The molecule has 0 aliphatic carbocycles. The maximum Gasteiger partial charge on any atom is 0.329 e. The van der Waals surface area contributed by atoms with Gasteiger partial charge in [0.1, 0.15) is 0 Å². The van der Waals surface area contributed by atoms with Gasteiger partial charge in [-0.2, -0.15) is 0 Å². The van der Waals surface area contributed by atoms with E-state index in [4.69, 9.17) is 10.2 Å². The third-order valence-corrected chi connectivity index (χ3v) is 1.66. The van der Waals surface area contributed by atoms with Crippen molar-refractivity contribution in [1.29, 1.82) is 0 Å². The minimum absolute atomic E-state index is 0.889. The molecule has 4 nitrogen and oxygen atoms in total. The van der Waals surface area contributed by atoms with E-state index in [0.717, 1.165) is 0 Å². The molecule has 12 heavy (non-hydrogen) atoms. The van der Waals surface area contributed by atoms with E-state index in [1.165, 1.54) is 11.5 Å². The zero-order chi connectivity index (χ0) is 9.14. The molecule has 2 unspecified atom stereocenters. The van der Waals surface area contributed by atoms with Gasteiger partial charge >= 0.3 is 5.97 Å². The molecule has 0 aliphatic heterocycles. The fraction of sp³-hybridized carbons (Fsp3) is 0.375. The first kappa shape index (κ1) is 8.80. The number of aliphatic hydroxyl groups excluding tert-OH is 1. The molecule has 0 saturated heterocycles. The highest BCUT2D eigenvalue weighted by Gasteiger charge is 2.23. The van der Waals surface area contributed by atoms with E-state index in [9.17, 15) is 4.79 Å². The van der Waals surface area contributed by atoms with Crippen molar-refractivity contribution in [2.75, 3.05) is 0 Å². The Morgan fingerprint density at radius 3 is 2.25 bits per heavy atom. The molecule has 0 spiro atoms. The number of carboxylic acid groups (broad SMARTS) is 1. The van der Waals surface area contributed by atoms with Crippen molar-refractivity contribution < 1.29 is 15.0 Å². The van der Waals surface area contributed by atoms with Crippen LogP contribution in [0.25, 0.3) is 0 Å². The van der Waals surface area contributed by atoms with Gasteiger partial charge in [-0.05, 0) is 19.1 Å². The van der Waals surface area contributed by atoms with Crippen LogP contribution < -0.4 is 0 Å². The SMILES string of the molecule is CC(O)C(C(=O)O)n1cccc1. The third-order valence-electron chi connectivity index (χ3n) is 1.66. The topological polar surface area (TPSA) is 62.5 Å². The number of hydrogen-bond donors (Lipinski definition) is 2. The standard InChI is InChI=1S/C8H11NO3/c1-6(10)7(8(11)12)9-4-2-3-5-9/h2-7,10H,1H3,(H,11,12). The van der Waals surface area contributed by atoms with Gasteiger partial charge in [0.2, 0.25) is 0 Å². The van der Waals surface area contributed by atoms with Crippen molar-refractivity contribution >= 4 is 5.97 Å². The van der Waals surface area contributed by atoms with Crippen LogP contribution in [-0.4, -0.2) is 26.9 Å². The average molecular weight is 169 g/mol. The number of aromatic nitrogens is 1. The van der Waals surface area contributed by atoms with Gasteiger partial charge in [0.05, 0.1) is 6.10 Å². The number of carbonyl (C=O) groups is 1. The highest BCUT2D eigenvalue weighted by atomic mass is 16.4. The molecular formula is C8H11NO3. The molecule has 1 aromatic rings. The minimum atomic E-state index is -1.03. The molecule has 0 aromatic carbocycles. The Labute approximate surface area is 70.1 Å². The first-order valence-electron chi connectivity index (χ1n) is 3.66. The second-order valence-electron chi connectivity index (χ2n) is 2.65. The smallest absolute Gasteiger partial charge is 0.329 e. The van der Waals surface area contributed by atoms with Gasteiger partial charge in [0.15, 0.2) is 6.04 Å². The number of aliphatic carboxylic acids is 1. The fourth-order valence-corrected chi connectivity index (χ4v) is 1.12. The summed E-state index contributed by atoms with van der Waals surface area (Å²) < 4.78 is 1.47. The Balaban J connectivity index is 2.88.